The standard InChI is InChI=1S/C19H22BrN/c1-14-8-7-13-18(19(14)20)21-17-12-6-5-11-16(17)15-9-3-2-4-10-15/h2-4,7-10,13,16-17,21H,5-6,11-12H2,1H3. The highest BCUT2D eigenvalue weighted by molar-refractivity contribution is 9.10. The lowest BCUT2D eigenvalue weighted by molar-refractivity contribution is 0.405. The van der Waals surface area contributed by atoms with Gasteiger partial charge >= 0.3 is 0 Å². The lowest BCUT2D eigenvalue weighted by Gasteiger charge is -2.33. The molecule has 0 aromatic heterocycles. The molecule has 21 heavy (non-hydrogen) atoms. The highest BCUT2D eigenvalue weighted by Gasteiger charge is 2.26. The molecule has 2 aromatic carbocycles. The highest BCUT2D eigenvalue weighted by Crippen LogP contribution is 2.36. The molecule has 2 atom stereocenters. The Morgan fingerprint density at radius 2 is 1.71 bits per heavy atom. The van der Waals surface area contributed by atoms with Crippen LogP contribution < -0.4 is 5.32 Å². The van der Waals surface area contributed by atoms with Gasteiger partial charge in [0.15, 0.2) is 0 Å². The Labute approximate surface area is 135 Å². The Kier molecular flexibility index (Phi) is 4.64. The van der Waals surface area contributed by atoms with E-state index in [1.54, 1.807) is 0 Å². The van der Waals surface area contributed by atoms with E-state index in [0.717, 1.165) is 0 Å². The summed E-state index contributed by atoms with van der Waals surface area (Å²) in [5.74, 6) is 0.618. The second-order valence-electron chi connectivity index (χ2n) is 5.99. The van der Waals surface area contributed by atoms with Gasteiger partial charge in [-0.15, -0.1) is 0 Å². The quantitative estimate of drug-likeness (QED) is 0.731. The SMILES string of the molecule is Cc1cccc(NC2CCCCC2c2ccccc2)c1Br. The molecule has 0 aliphatic heterocycles. The van der Waals surface area contributed by atoms with Crippen molar-refractivity contribution >= 4 is 21.6 Å². The van der Waals surface area contributed by atoms with Crippen molar-refractivity contribution in [3.63, 3.8) is 0 Å². The Morgan fingerprint density at radius 3 is 2.52 bits per heavy atom. The summed E-state index contributed by atoms with van der Waals surface area (Å²) in [6.07, 6.45) is 5.20. The molecule has 0 radical (unpaired) electrons. The Hall–Kier alpha value is -1.28. The highest BCUT2D eigenvalue weighted by atomic mass is 79.9. The molecule has 0 heterocycles. The van der Waals surface area contributed by atoms with Crippen LogP contribution in [0.5, 0.6) is 0 Å². The van der Waals surface area contributed by atoms with E-state index in [0.29, 0.717) is 12.0 Å². The molecule has 2 heteroatoms. The van der Waals surface area contributed by atoms with Gasteiger partial charge in [0, 0.05) is 22.1 Å². The van der Waals surface area contributed by atoms with Crippen molar-refractivity contribution in [2.45, 2.75) is 44.6 Å². The zero-order valence-electron chi connectivity index (χ0n) is 12.5. The first kappa shape index (κ1) is 14.6. The van der Waals surface area contributed by atoms with Crippen molar-refractivity contribution < 1.29 is 0 Å². The molecule has 110 valence electrons. The first-order chi connectivity index (χ1) is 10.3. The summed E-state index contributed by atoms with van der Waals surface area (Å²) in [7, 11) is 0. The minimum atomic E-state index is 0.527. The summed E-state index contributed by atoms with van der Waals surface area (Å²) < 4.78 is 1.20. The van der Waals surface area contributed by atoms with Crippen molar-refractivity contribution in [2.24, 2.45) is 0 Å². The fourth-order valence-electron chi connectivity index (χ4n) is 3.36. The molecule has 1 aliphatic carbocycles. The smallest absolute Gasteiger partial charge is 0.0489 e. The summed E-state index contributed by atoms with van der Waals surface area (Å²) in [6, 6.07) is 17.9. The number of benzene rings is 2. The van der Waals surface area contributed by atoms with Gasteiger partial charge in [0.25, 0.3) is 0 Å². The minimum absolute atomic E-state index is 0.527. The van der Waals surface area contributed by atoms with Gasteiger partial charge in [0.2, 0.25) is 0 Å². The third kappa shape index (κ3) is 3.32. The normalized spacial score (nSPS) is 22.0. The fourth-order valence-corrected chi connectivity index (χ4v) is 3.74. The maximum atomic E-state index is 3.79. The Balaban J connectivity index is 1.83. The Bertz CT molecular complexity index is 594. The Morgan fingerprint density at radius 1 is 0.952 bits per heavy atom. The van der Waals surface area contributed by atoms with E-state index in [4.69, 9.17) is 0 Å². The molecule has 0 saturated heterocycles. The van der Waals surface area contributed by atoms with Crippen LogP contribution in [0.1, 0.15) is 42.7 Å². The van der Waals surface area contributed by atoms with Crippen LogP contribution in [0.25, 0.3) is 0 Å². The van der Waals surface area contributed by atoms with Crippen molar-refractivity contribution in [3.8, 4) is 0 Å². The van der Waals surface area contributed by atoms with Crippen LogP contribution in [0, 0.1) is 6.92 Å². The van der Waals surface area contributed by atoms with Gasteiger partial charge in [-0.2, -0.15) is 0 Å². The monoisotopic (exact) mass is 343 g/mol. The number of nitrogens with one attached hydrogen (secondary N) is 1. The number of hydrogen-bond acceptors (Lipinski definition) is 1. The molecule has 3 rings (SSSR count). The fraction of sp³-hybridized carbons (Fsp3) is 0.368. The predicted octanol–water partition coefficient (Wildman–Crippen LogP) is 5.90. The van der Waals surface area contributed by atoms with Crippen LogP contribution in [-0.4, -0.2) is 6.04 Å². The van der Waals surface area contributed by atoms with Gasteiger partial charge < -0.3 is 5.32 Å². The number of halogens is 1. The molecule has 1 nitrogen and oxygen atoms in total. The summed E-state index contributed by atoms with van der Waals surface area (Å²) in [4.78, 5) is 0. The van der Waals surface area contributed by atoms with Crippen LogP contribution in [0.2, 0.25) is 0 Å². The maximum Gasteiger partial charge on any atom is 0.0489 e. The van der Waals surface area contributed by atoms with E-state index in [-0.39, 0.29) is 0 Å². The second kappa shape index (κ2) is 6.65. The molecule has 1 fully saturated rings. The zero-order chi connectivity index (χ0) is 14.7. The van der Waals surface area contributed by atoms with Crippen molar-refractivity contribution in [3.05, 3.63) is 64.1 Å². The van der Waals surface area contributed by atoms with E-state index < -0.39 is 0 Å². The minimum Gasteiger partial charge on any atom is -0.381 e. The number of hydrogen-bond donors (Lipinski definition) is 1. The summed E-state index contributed by atoms with van der Waals surface area (Å²) in [5, 5.41) is 3.79. The second-order valence-corrected chi connectivity index (χ2v) is 6.78. The van der Waals surface area contributed by atoms with Gasteiger partial charge in [-0.05, 0) is 52.9 Å². The molecular formula is C19H22BrN. The van der Waals surface area contributed by atoms with E-state index in [9.17, 15) is 0 Å². The van der Waals surface area contributed by atoms with Gasteiger partial charge in [-0.25, -0.2) is 0 Å². The largest absolute Gasteiger partial charge is 0.381 e. The third-order valence-corrected chi connectivity index (χ3v) is 5.58. The molecule has 0 spiro atoms. The molecule has 1 saturated carbocycles. The van der Waals surface area contributed by atoms with Crippen molar-refractivity contribution in [1.29, 1.82) is 0 Å². The zero-order valence-corrected chi connectivity index (χ0v) is 14.1. The summed E-state index contributed by atoms with van der Waals surface area (Å²) in [6.45, 7) is 2.14. The average molecular weight is 344 g/mol. The first-order valence-electron chi connectivity index (χ1n) is 7.82. The molecule has 2 aromatic rings. The van der Waals surface area contributed by atoms with Crippen molar-refractivity contribution in [2.75, 3.05) is 5.32 Å². The third-order valence-electron chi connectivity index (χ3n) is 4.53. The lowest BCUT2D eigenvalue weighted by atomic mass is 9.80. The van der Waals surface area contributed by atoms with Crippen molar-refractivity contribution in [1.82, 2.24) is 0 Å². The van der Waals surface area contributed by atoms with Gasteiger partial charge in [-0.1, -0.05) is 55.3 Å². The lowest BCUT2D eigenvalue weighted by Crippen LogP contribution is -2.30. The molecule has 1 N–H and O–H groups in total. The van der Waals surface area contributed by atoms with Crippen LogP contribution in [0.3, 0.4) is 0 Å². The topological polar surface area (TPSA) is 12.0 Å². The van der Waals surface area contributed by atoms with E-state index in [2.05, 4.69) is 76.7 Å². The maximum absolute atomic E-state index is 3.79. The van der Waals surface area contributed by atoms with E-state index in [1.807, 2.05) is 0 Å². The number of aryl methyl sites for hydroxylation is 1. The molecule has 2 unspecified atom stereocenters. The van der Waals surface area contributed by atoms with Gasteiger partial charge in [0.1, 0.15) is 0 Å². The van der Waals surface area contributed by atoms with Gasteiger partial charge in [-0.3, -0.25) is 0 Å². The molecule has 0 amide bonds. The predicted molar refractivity (Wildman–Crippen MR) is 93.9 cm³/mol. The first-order valence-corrected chi connectivity index (χ1v) is 8.61. The summed E-state index contributed by atoms with van der Waals surface area (Å²) in [5.41, 5.74) is 3.98. The number of anilines is 1. The van der Waals surface area contributed by atoms with E-state index >= 15 is 0 Å². The molecule has 1 aliphatic rings. The average Bonchev–Trinajstić information content (AvgIpc) is 2.53. The van der Waals surface area contributed by atoms with Crippen LogP contribution >= 0.6 is 15.9 Å². The van der Waals surface area contributed by atoms with E-state index in [1.165, 1.54) is 47.0 Å². The van der Waals surface area contributed by atoms with Gasteiger partial charge in [0.05, 0.1) is 0 Å². The van der Waals surface area contributed by atoms with Crippen LogP contribution in [0.4, 0.5) is 5.69 Å². The molecular weight excluding hydrogens is 322 g/mol. The molecule has 0 bridgehead atoms. The summed E-state index contributed by atoms with van der Waals surface area (Å²) >= 11 is 3.72. The number of rotatable bonds is 3. The van der Waals surface area contributed by atoms with Crippen LogP contribution in [-0.2, 0) is 0 Å². The van der Waals surface area contributed by atoms with Crippen LogP contribution in [0.15, 0.2) is 53.0 Å².